The fourth-order valence-electron chi connectivity index (χ4n) is 3.94. The Hall–Kier alpha value is -2.15. The highest BCUT2D eigenvalue weighted by Crippen LogP contribution is 2.26. The van der Waals surface area contributed by atoms with Gasteiger partial charge in [0.1, 0.15) is 5.82 Å². The Kier molecular flexibility index (Phi) is 6.08. The number of anilines is 1. The first kappa shape index (κ1) is 18.6. The molecule has 2 aliphatic heterocycles. The van der Waals surface area contributed by atoms with Crippen molar-refractivity contribution in [3.8, 4) is 0 Å². The van der Waals surface area contributed by atoms with Gasteiger partial charge in [0.2, 0.25) is 5.91 Å². The maximum absolute atomic E-state index is 12.8. The number of rotatable bonds is 5. The smallest absolute Gasteiger partial charge is 0.303 e. The molecule has 0 radical (unpaired) electrons. The van der Waals surface area contributed by atoms with Gasteiger partial charge in [-0.05, 0) is 43.2 Å². The van der Waals surface area contributed by atoms with Crippen LogP contribution in [-0.4, -0.2) is 53.0 Å². The number of carbonyl (C=O) groups excluding carboxylic acids is 1. The number of likely N-dealkylation sites (tertiary alicyclic amines) is 1. The van der Waals surface area contributed by atoms with E-state index >= 15 is 0 Å². The van der Waals surface area contributed by atoms with Crippen LogP contribution in [0, 0.1) is 11.8 Å². The molecule has 2 saturated heterocycles. The monoisotopic (exact) mass is 360 g/mol. The topological polar surface area (TPSA) is 99.8 Å². The largest absolute Gasteiger partial charge is 0.481 e. The number of aliphatic carboxylic acids is 1. The number of carbonyl (C=O) groups is 2. The maximum Gasteiger partial charge on any atom is 0.303 e. The van der Waals surface area contributed by atoms with E-state index in [9.17, 15) is 9.59 Å². The normalized spacial score (nSPS) is 19.6. The standard InChI is InChI=1S/C19H28N4O3/c20-12-15-1-2-17(21-13-15)22-9-5-16(6-10-22)19(26)23-7-3-14(4-8-23)11-18(24)25/h1-2,13-14,16H,3-12,20H2,(H,24,25). The lowest BCUT2D eigenvalue weighted by molar-refractivity contribution is -0.139. The molecule has 0 unspecified atom stereocenters. The van der Waals surface area contributed by atoms with Gasteiger partial charge in [0, 0.05) is 51.3 Å². The Morgan fingerprint density at radius 1 is 1.12 bits per heavy atom. The number of carboxylic acids is 1. The molecule has 0 atom stereocenters. The highest BCUT2D eigenvalue weighted by atomic mass is 16.4. The maximum atomic E-state index is 12.8. The van der Waals surface area contributed by atoms with Crippen LogP contribution in [0.1, 0.15) is 37.7 Å². The Balaban J connectivity index is 1.47. The van der Waals surface area contributed by atoms with Crippen molar-refractivity contribution in [1.29, 1.82) is 0 Å². The van der Waals surface area contributed by atoms with Crippen molar-refractivity contribution in [3.63, 3.8) is 0 Å². The zero-order chi connectivity index (χ0) is 18.5. The average molecular weight is 360 g/mol. The molecule has 0 spiro atoms. The van der Waals surface area contributed by atoms with Crippen LogP contribution in [-0.2, 0) is 16.1 Å². The quantitative estimate of drug-likeness (QED) is 0.825. The Morgan fingerprint density at radius 3 is 2.35 bits per heavy atom. The van der Waals surface area contributed by atoms with Crippen molar-refractivity contribution >= 4 is 17.7 Å². The summed E-state index contributed by atoms with van der Waals surface area (Å²) in [5, 5.41) is 8.90. The number of pyridine rings is 1. The number of piperidine rings is 2. The molecule has 142 valence electrons. The molecule has 0 bridgehead atoms. The molecule has 7 nitrogen and oxygen atoms in total. The van der Waals surface area contributed by atoms with Crippen molar-refractivity contribution < 1.29 is 14.7 Å². The third kappa shape index (κ3) is 4.52. The number of nitrogens with zero attached hydrogens (tertiary/aromatic N) is 3. The second-order valence-corrected chi connectivity index (χ2v) is 7.36. The minimum absolute atomic E-state index is 0.0746. The van der Waals surface area contributed by atoms with Gasteiger partial charge in [-0.3, -0.25) is 9.59 Å². The molecule has 2 aliphatic rings. The minimum Gasteiger partial charge on any atom is -0.481 e. The lowest BCUT2D eigenvalue weighted by Gasteiger charge is -2.37. The highest BCUT2D eigenvalue weighted by molar-refractivity contribution is 5.79. The van der Waals surface area contributed by atoms with Crippen molar-refractivity contribution in [2.24, 2.45) is 17.6 Å². The molecule has 7 heteroatoms. The molecular weight excluding hydrogens is 332 g/mol. The van der Waals surface area contributed by atoms with Gasteiger partial charge >= 0.3 is 5.97 Å². The first-order valence-electron chi connectivity index (χ1n) is 9.47. The number of aromatic nitrogens is 1. The van der Waals surface area contributed by atoms with Crippen LogP contribution in [0.3, 0.4) is 0 Å². The molecule has 3 heterocycles. The van der Waals surface area contributed by atoms with Crippen molar-refractivity contribution in [3.05, 3.63) is 23.9 Å². The molecule has 3 rings (SSSR count). The third-order valence-electron chi connectivity index (χ3n) is 5.60. The van der Waals surface area contributed by atoms with Crippen LogP contribution in [0.2, 0.25) is 0 Å². The number of carboxylic acid groups (broad SMARTS) is 1. The van der Waals surface area contributed by atoms with Crippen molar-refractivity contribution in [2.45, 2.75) is 38.6 Å². The summed E-state index contributed by atoms with van der Waals surface area (Å²) in [7, 11) is 0. The number of amides is 1. The molecule has 1 aromatic rings. The highest BCUT2D eigenvalue weighted by Gasteiger charge is 2.31. The Bertz CT molecular complexity index is 618. The summed E-state index contributed by atoms with van der Waals surface area (Å²) < 4.78 is 0. The lowest BCUT2D eigenvalue weighted by atomic mass is 9.90. The molecule has 0 aromatic carbocycles. The molecule has 1 amide bonds. The van der Waals surface area contributed by atoms with Crippen LogP contribution < -0.4 is 10.6 Å². The van der Waals surface area contributed by atoms with Crippen LogP contribution in [0.25, 0.3) is 0 Å². The summed E-state index contributed by atoms with van der Waals surface area (Å²) in [6, 6.07) is 4.00. The van der Waals surface area contributed by atoms with Gasteiger partial charge in [0.15, 0.2) is 0 Å². The first-order valence-corrected chi connectivity index (χ1v) is 9.47. The second-order valence-electron chi connectivity index (χ2n) is 7.36. The number of hydrogen-bond acceptors (Lipinski definition) is 5. The Morgan fingerprint density at radius 2 is 1.81 bits per heavy atom. The molecule has 2 fully saturated rings. The van der Waals surface area contributed by atoms with E-state index in [2.05, 4.69) is 9.88 Å². The lowest BCUT2D eigenvalue weighted by Crippen LogP contribution is -2.45. The second kappa shape index (κ2) is 8.49. The predicted molar refractivity (Wildman–Crippen MR) is 98.6 cm³/mol. The van der Waals surface area contributed by atoms with Gasteiger partial charge in [-0.2, -0.15) is 0 Å². The van der Waals surface area contributed by atoms with Gasteiger partial charge in [0.05, 0.1) is 0 Å². The van der Waals surface area contributed by atoms with E-state index in [1.165, 1.54) is 0 Å². The van der Waals surface area contributed by atoms with Gasteiger partial charge < -0.3 is 20.6 Å². The molecular formula is C19H28N4O3. The Labute approximate surface area is 154 Å². The zero-order valence-electron chi connectivity index (χ0n) is 15.1. The zero-order valence-corrected chi connectivity index (χ0v) is 15.1. The van der Waals surface area contributed by atoms with E-state index in [1.807, 2.05) is 23.2 Å². The summed E-state index contributed by atoms with van der Waals surface area (Å²) in [6.45, 7) is 3.55. The molecule has 0 aliphatic carbocycles. The fourth-order valence-corrected chi connectivity index (χ4v) is 3.94. The van der Waals surface area contributed by atoms with Gasteiger partial charge in [0.25, 0.3) is 0 Å². The summed E-state index contributed by atoms with van der Waals surface area (Å²) in [6.07, 6.45) is 5.31. The van der Waals surface area contributed by atoms with E-state index in [1.54, 1.807) is 0 Å². The van der Waals surface area contributed by atoms with Crippen molar-refractivity contribution in [1.82, 2.24) is 9.88 Å². The van der Waals surface area contributed by atoms with Gasteiger partial charge in [-0.25, -0.2) is 4.98 Å². The molecule has 26 heavy (non-hydrogen) atoms. The molecule has 1 aromatic heterocycles. The predicted octanol–water partition coefficient (Wildman–Crippen LogP) is 1.47. The number of nitrogens with two attached hydrogens (primary N) is 1. The minimum atomic E-state index is -0.741. The SMILES string of the molecule is NCc1ccc(N2CCC(C(=O)N3CCC(CC(=O)O)CC3)CC2)nc1. The van der Waals surface area contributed by atoms with Crippen LogP contribution in [0.5, 0.6) is 0 Å². The van der Waals surface area contributed by atoms with Crippen LogP contribution >= 0.6 is 0 Å². The number of hydrogen-bond donors (Lipinski definition) is 2. The van der Waals surface area contributed by atoms with Crippen LogP contribution in [0.15, 0.2) is 18.3 Å². The fraction of sp³-hybridized carbons (Fsp3) is 0.632. The van der Waals surface area contributed by atoms with E-state index in [0.29, 0.717) is 19.6 Å². The van der Waals surface area contributed by atoms with Gasteiger partial charge in [-0.1, -0.05) is 6.07 Å². The van der Waals surface area contributed by atoms with E-state index in [4.69, 9.17) is 10.8 Å². The summed E-state index contributed by atoms with van der Waals surface area (Å²) >= 11 is 0. The van der Waals surface area contributed by atoms with Crippen LogP contribution in [0.4, 0.5) is 5.82 Å². The van der Waals surface area contributed by atoms with Crippen molar-refractivity contribution in [2.75, 3.05) is 31.1 Å². The molecule has 3 N–H and O–H groups in total. The average Bonchev–Trinajstić information content (AvgIpc) is 2.68. The summed E-state index contributed by atoms with van der Waals surface area (Å²) in [5.74, 6) is 0.731. The molecule has 0 saturated carbocycles. The first-order chi connectivity index (χ1) is 12.6. The third-order valence-corrected chi connectivity index (χ3v) is 5.60. The van der Waals surface area contributed by atoms with E-state index in [-0.39, 0.29) is 24.2 Å². The van der Waals surface area contributed by atoms with E-state index < -0.39 is 5.97 Å². The summed E-state index contributed by atoms with van der Waals surface area (Å²) in [5.41, 5.74) is 6.63. The summed E-state index contributed by atoms with van der Waals surface area (Å²) in [4.78, 5) is 32.2. The van der Waals surface area contributed by atoms with Gasteiger partial charge in [-0.15, -0.1) is 0 Å². The van der Waals surface area contributed by atoms with E-state index in [0.717, 1.165) is 50.2 Å².